The Hall–Kier alpha value is -4.19. The summed E-state index contributed by atoms with van der Waals surface area (Å²) in [5.74, 6) is 0.426. The number of aromatic nitrogens is 4. The first-order chi connectivity index (χ1) is 26.9. The zero-order chi connectivity index (χ0) is 39.7. The van der Waals surface area contributed by atoms with Crippen molar-refractivity contribution in [2.24, 2.45) is 31.8 Å². The Kier molecular flexibility index (Phi) is 12.2. The van der Waals surface area contributed by atoms with E-state index in [9.17, 15) is 19.5 Å². The van der Waals surface area contributed by atoms with Crippen LogP contribution in [-0.2, 0) is 44.7 Å². The van der Waals surface area contributed by atoms with Gasteiger partial charge in [0.2, 0.25) is 0 Å². The zero-order valence-corrected chi connectivity index (χ0v) is 34.3. The van der Waals surface area contributed by atoms with Crippen molar-refractivity contribution < 1.29 is 19.5 Å². The molecule has 1 unspecified atom stereocenters. The van der Waals surface area contributed by atoms with Crippen LogP contribution in [0.25, 0.3) is 11.1 Å². The molecule has 56 heavy (non-hydrogen) atoms. The molecule has 2 aromatic carbocycles. The molecule has 0 bridgehead atoms. The van der Waals surface area contributed by atoms with Gasteiger partial charge in [0.1, 0.15) is 0 Å². The number of carboxylic acid groups (broad SMARTS) is 1. The fourth-order valence-electron chi connectivity index (χ4n) is 9.03. The fraction of sp³-hybridized carbons (Fsp3) is 0.512. The van der Waals surface area contributed by atoms with Crippen LogP contribution in [0.5, 0.6) is 0 Å². The second kappa shape index (κ2) is 17.1. The second-order valence-corrected chi connectivity index (χ2v) is 17.0. The largest absolute Gasteiger partial charge is 0.481 e. The number of nitrogens with one attached hydrogen (secondary N) is 2. The molecule has 0 radical (unpaired) electrons. The number of aliphatic carboxylic acids is 1. The van der Waals surface area contributed by atoms with Crippen LogP contribution >= 0.6 is 23.2 Å². The van der Waals surface area contributed by atoms with Crippen molar-refractivity contribution >= 4 is 52.4 Å². The van der Waals surface area contributed by atoms with Gasteiger partial charge in [0.25, 0.3) is 11.8 Å². The normalized spacial score (nSPS) is 20.2. The predicted molar refractivity (Wildman–Crippen MR) is 221 cm³/mol. The highest BCUT2D eigenvalue weighted by Gasteiger charge is 2.29. The van der Waals surface area contributed by atoms with E-state index in [-0.39, 0.29) is 17.7 Å². The molecule has 4 aromatic rings. The van der Waals surface area contributed by atoms with E-state index in [1.165, 1.54) is 6.42 Å². The van der Waals surface area contributed by atoms with Gasteiger partial charge in [-0.05, 0) is 89.2 Å². The lowest BCUT2D eigenvalue weighted by atomic mass is 9.78. The average Bonchev–Trinajstić information content (AvgIpc) is 3.67. The van der Waals surface area contributed by atoms with E-state index < -0.39 is 5.97 Å². The van der Waals surface area contributed by atoms with Crippen molar-refractivity contribution in [3.05, 3.63) is 80.9 Å². The van der Waals surface area contributed by atoms with E-state index in [0.717, 1.165) is 99.9 Å². The Morgan fingerprint density at radius 1 is 0.750 bits per heavy atom. The molecule has 2 aliphatic carbocycles. The molecule has 298 valence electrons. The minimum absolute atomic E-state index is 0.167. The van der Waals surface area contributed by atoms with Crippen molar-refractivity contribution in [3.63, 3.8) is 0 Å². The number of hydrogen-bond donors (Lipinski definition) is 3. The number of fused-ring (bicyclic) bond motifs is 2. The van der Waals surface area contributed by atoms with E-state index in [0.29, 0.717) is 68.6 Å². The number of benzene rings is 2. The summed E-state index contributed by atoms with van der Waals surface area (Å²) in [6, 6.07) is 11.2. The van der Waals surface area contributed by atoms with E-state index in [1.807, 2.05) is 47.5 Å². The molecule has 3 heterocycles. The summed E-state index contributed by atoms with van der Waals surface area (Å²) in [5, 5.41) is 16.0. The first kappa shape index (κ1) is 40.0. The fourth-order valence-corrected chi connectivity index (χ4v) is 9.58. The predicted octanol–water partition coefficient (Wildman–Crippen LogP) is 8.95. The summed E-state index contributed by atoms with van der Waals surface area (Å²) in [6.07, 6.45) is 11.7. The SMILES string of the molecule is CC(C)N1CCc2c(nc(C(=O)Nc3cccc(-c4cccc(NC(=O)c5nc6c(n5C)CCC(CCC5CCC(C(=O)O)CC5)CCC6)c4Cl)c3Cl)n2C)C1. The number of hydrogen-bond acceptors (Lipinski definition) is 6. The topological polar surface area (TPSA) is 134 Å². The third-order valence-corrected chi connectivity index (χ3v) is 13.3. The lowest BCUT2D eigenvalue weighted by Gasteiger charge is -2.29. The minimum Gasteiger partial charge on any atom is -0.481 e. The summed E-state index contributed by atoms with van der Waals surface area (Å²) >= 11 is 13.9. The Labute approximate surface area is 339 Å². The number of carbonyl (C=O) groups is 3. The third-order valence-electron chi connectivity index (χ3n) is 12.5. The maximum atomic E-state index is 13.8. The lowest BCUT2D eigenvalue weighted by Crippen LogP contribution is -2.36. The van der Waals surface area contributed by atoms with E-state index in [1.54, 1.807) is 12.1 Å². The molecule has 1 aliphatic heterocycles. The first-order valence-corrected chi connectivity index (χ1v) is 20.9. The monoisotopic (exact) mass is 801 g/mol. The van der Waals surface area contributed by atoms with Gasteiger partial charge in [-0.2, -0.15) is 0 Å². The smallest absolute Gasteiger partial charge is 0.306 e. The van der Waals surface area contributed by atoms with Crippen LogP contribution in [0.1, 0.15) is 116 Å². The maximum absolute atomic E-state index is 13.8. The van der Waals surface area contributed by atoms with Crippen LogP contribution in [0.3, 0.4) is 0 Å². The Balaban J connectivity index is 1.01. The molecule has 13 heteroatoms. The molecule has 2 aromatic heterocycles. The third kappa shape index (κ3) is 8.41. The van der Waals surface area contributed by atoms with Gasteiger partial charge < -0.3 is 24.9 Å². The standard InChI is InChI=1S/C43H53Cl2N7O4/c1-25(2)52-23-22-36-34(24-52)47-40(51(36)4)42(54)49-33-13-7-10-30(38(33)45)29-9-6-12-32(37(29)44)48-41(53)39-46-31-11-5-8-26(18-21-35(31)50(39)3)14-15-27-16-19-28(20-17-27)43(55)56/h6-7,9-10,12-13,25-28H,5,8,11,14-24H2,1-4H3,(H,48,53)(H,49,54)(H,55,56). The van der Waals surface area contributed by atoms with E-state index in [2.05, 4.69) is 29.4 Å². The van der Waals surface area contributed by atoms with Crippen LogP contribution < -0.4 is 10.6 Å². The van der Waals surface area contributed by atoms with Crippen molar-refractivity contribution in [2.45, 2.75) is 103 Å². The van der Waals surface area contributed by atoms with Gasteiger partial charge in [-0.25, -0.2) is 9.97 Å². The highest BCUT2D eigenvalue weighted by Crippen LogP contribution is 2.41. The van der Waals surface area contributed by atoms with Gasteiger partial charge in [-0.1, -0.05) is 66.7 Å². The molecular formula is C43H53Cl2N7O4. The van der Waals surface area contributed by atoms with Crippen molar-refractivity contribution in [2.75, 3.05) is 17.2 Å². The molecule has 3 N–H and O–H groups in total. The summed E-state index contributed by atoms with van der Waals surface area (Å²) in [7, 11) is 3.79. The number of imidazole rings is 2. The average molecular weight is 803 g/mol. The molecule has 1 atom stereocenters. The van der Waals surface area contributed by atoms with Gasteiger partial charge >= 0.3 is 5.97 Å². The molecular weight excluding hydrogens is 749 g/mol. The zero-order valence-electron chi connectivity index (χ0n) is 32.8. The number of amides is 2. The number of halogens is 2. The number of carbonyl (C=O) groups excluding carboxylic acids is 2. The molecule has 1 fully saturated rings. The van der Waals surface area contributed by atoms with Gasteiger partial charge in [0.15, 0.2) is 11.6 Å². The van der Waals surface area contributed by atoms with E-state index >= 15 is 0 Å². The molecule has 0 spiro atoms. The molecule has 0 saturated heterocycles. The van der Waals surface area contributed by atoms with Crippen LogP contribution in [0.2, 0.25) is 10.0 Å². The minimum atomic E-state index is -0.646. The van der Waals surface area contributed by atoms with Gasteiger partial charge in [0.05, 0.1) is 38.7 Å². The van der Waals surface area contributed by atoms with Crippen molar-refractivity contribution in [3.8, 4) is 11.1 Å². The lowest BCUT2D eigenvalue weighted by molar-refractivity contribution is -0.143. The summed E-state index contributed by atoms with van der Waals surface area (Å²) in [5.41, 5.74) is 6.17. The molecule has 11 nitrogen and oxygen atoms in total. The highest BCUT2D eigenvalue weighted by molar-refractivity contribution is 6.40. The van der Waals surface area contributed by atoms with Gasteiger partial charge in [-0.3, -0.25) is 19.3 Å². The van der Waals surface area contributed by atoms with Gasteiger partial charge in [0, 0.05) is 62.2 Å². The molecule has 2 amide bonds. The Bertz CT molecular complexity index is 2120. The molecule has 3 aliphatic rings. The first-order valence-electron chi connectivity index (χ1n) is 20.1. The maximum Gasteiger partial charge on any atom is 0.306 e. The van der Waals surface area contributed by atoms with Crippen molar-refractivity contribution in [1.82, 2.24) is 24.0 Å². The van der Waals surface area contributed by atoms with Crippen LogP contribution in [0, 0.1) is 17.8 Å². The Morgan fingerprint density at radius 3 is 1.84 bits per heavy atom. The van der Waals surface area contributed by atoms with Gasteiger partial charge in [-0.15, -0.1) is 0 Å². The van der Waals surface area contributed by atoms with Crippen LogP contribution in [0.4, 0.5) is 11.4 Å². The molecule has 1 saturated carbocycles. The summed E-state index contributed by atoms with van der Waals surface area (Å²) < 4.78 is 3.81. The number of carboxylic acids is 1. The molecule has 7 rings (SSSR count). The van der Waals surface area contributed by atoms with E-state index in [4.69, 9.17) is 33.2 Å². The number of rotatable bonds is 10. The quantitative estimate of drug-likeness (QED) is 0.146. The number of anilines is 2. The number of aryl methyl sites for hydroxylation is 1. The second-order valence-electron chi connectivity index (χ2n) is 16.3. The van der Waals surface area contributed by atoms with Crippen LogP contribution in [0.15, 0.2) is 36.4 Å². The Morgan fingerprint density at radius 2 is 1.29 bits per heavy atom. The number of nitrogens with zero attached hydrogens (tertiary/aromatic N) is 5. The summed E-state index contributed by atoms with van der Waals surface area (Å²) in [6.45, 7) is 5.96. The summed E-state index contributed by atoms with van der Waals surface area (Å²) in [4.78, 5) is 50.6. The van der Waals surface area contributed by atoms with Crippen LogP contribution in [-0.4, -0.2) is 59.5 Å². The highest BCUT2D eigenvalue weighted by atomic mass is 35.5. The van der Waals surface area contributed by atoms with Crippen molar-refractivity contribution in [1.29, 1.82) is 0 Å².